The zero-order valence-corrected chi connectivity index (χ0v) is 9.52. The van der Waals surface area contributed by atoms with Gasteiger partial charge in [0.1, 0.15) is 5.72 Å². The highest BCUT2D eigenvalue weighted by Crippen LogP contribution is 2.21. The molecule has 16 heavy (non-hydrogen) atoms. The molecule has 3 nitrogen and oxygen atoms in total. The van der Waals surface area contributed by atoms with Crippen LogP contribution < -0.4 is 11.1 Å². The van der Waals surface area contributed by atoms with Crippen molar-refractivity contribution in [3.8, 4) is 0 Å². The van der Waals surface area contributed by atoms with Gasteiger partial charge in [0, 0.05) is 12.5 Å². The van der Waals surface area contributed by atoms with Crippen LogP contribution in [0, 0.1) is 0 Å². The van der Waals surface area contributed by atoms with Crippen LogP contribution in [0.5, 0.6) is 0 Å². The van der Waals surface area contributed by atoms with Crippen LogP contribution >= 0.6 is 0 Å². The third-order valence-corrected chi connectivity index (χ3v) is 3.24. The van der Waals surface area contributed by atoms with Crippen molar-refractivity contribution in [1.29, 1.82) is 0 Å². The van der Waals surface area contributed by atoms with E-state index in [2.05, 4.69) is 17.4 Å². The molecule has 4 N–H and O–H groups in total. The molecule has 0 saturated carbocycles. The third kappa shape index (κ3) is 3.04. The molecule has 1 fully saturated rings. The van der Waals surface area contributed by atoms with Crippen LogP contribution in [0.1, 0.15) is 24.8 Å². The first-order valence-electron chi connectivity index (χ1n) is 5.95. The lowest BCUT2D eigenvalue weighted by atomic mass is 9.91. The number of benzene rings is 1. The van der Waals surface area contributed by atoms with Crippen LogP contribution in [-0.2, 0) is 6.42 Å². The molecule has 88 valence electrons. The van der Waals surface area contributed by atoms with Gasteiger partial charge >= 0.3 is 0 Å². The Bertz CT molecular complexity index is 328. The average Bonchev–Trinajstić information content (AvgIpc) is 2.28. The number of piperidine rings is 1. The van der Waals surface area contributed by atoms with Crippen LogP contribution in [0.2, 0.25) is 0 Å². The normalized spacial score (nSPS) is 30.2. The molecular formula is C13H20N2O. The van der Waals surface area contributed by atoms with Crippen molar-refractivity contribution in [2.75, 3.05) is 6.54 Å². The Morgan fingerprint density at radius 2 is 2.12 bits per heavy atom. The van der Waals surface area contributed by atoms with Crippen molar-refractivity contribution in [3.63, 3.8) is 0 Å². The van der Waals surface area contributed by atoms with Crippen LogP contribution in [0.15, 0.2) is 30.3 Å². The maximum Gasteiger partial charge on any atom is 0.117 e. The summed E-state index contributed by atoms with van der Waals surface area (Å²) in [7, 11) is 0. The molecule has 0 aromatic heterocycles. The predicted octanol–water partition coefficient (Wildman–Crippen LogP) is 1.02. The minimum atomic E-state index is -0.770. The molecule has 2 rings (SSSR count). The molecule has 3 heteroatoms. The van der Waals surface area contributed by atoms with Crippen molar-refractivity contribution >= 4 is 0 Å². The van der Waals surface area contributed by atoms with Gasteiger partial charge in [-0.05, 0) is 31.4 Å². The molecule has 0 radical (unpaired) electrons. The Labute approximate surface area is 96.7 Å². The summed E-state index contributed by atoms with van der Waals surface area (Å²) in [6, 6.07) is 10.4. The molecule has 0 amide bonds. The fraction of sp³-hybridized carbons (Fsp3) is 0.538. The quantitative estimate of drug-likeness (QED) is 0.713. The molecule has 1 heterocycles. The van der Waals surface area contributed by atoms with Gasteiger partial charge in [-0.15, -0.1) is 0 Å². The molecule has 1 saturated heterocycles. The maximum atomic E-state index is 10.3. The average molecular weight is 220 g/mol. The molecule has 2 unspecified atom stereocenters. The van der Waals surface area contributed by atoms with Crippen molar-refractivity contribution < 1.29 is 5.11 Å². The fourth-order valence-electron chi connectivity index (χ4n) is 2.28. The van der Waals surface area contributed by atoms with Gasteiger partial charge in [-0.3, -0.25) is 5.32 Å². The molecule has 1 aromatic rings. The zero-order chi connectivity index (χ0) is 11.4. The highest BCUT2D eigenvalue weighted by molar-refractivity contribution is 5.15. The molecule has 0 spiro atoms. The van der Waals surface area contributed by atoms with Gasteiger partial charge in [0.05, 0.1) is 0 Å². The molecule has 0 aliphatic carbocycles. The van der Waals surface area contributed by atoms with Gasteiger partial charge in [0.25, 0.3) is 0 Å². The van der Waals surface area contributed by atoms with E-state index >= 15 is 0 Å². The second-order valence-electron chi connectivity index (χ2n) is 4.70. The Morgan fingerprint density at radius 1 is 1.38 bits per heavy atom. The number of nitrogens with one attached hydrogen (secondary N) is 1. The molecule has 0 bridgehead atoms. The van der Waals surface area contributed by atoms with Crippen LogP contribution in [0.3, 0.4) is 0 Å². The zero-order valence-electron chi connectivity index (χ0n) is 9.52. The Kier molecular flexibility index (Phi) is 3.59. The van der Waals surface area contributed by atoms with Crippen LogP contribution in [0.4, 0.5) is 0 Å². The smallest absolute Gasteiger partial charge is 0.117 e. The summed E-state index contributed by atoms with van der Waals surface area (Å²) in [5.41, 5.74) is 6.37. The van der Waals surface area contributed by atoms with E-state index in [0.29, 0.717) is 6.42 Å². The van der Waals surface area contributed by atoms with Gasteiger partial charge in [-0.1, -0.05) is 30.3 Å². The van der Waals surface area contributed by atoms with Gasteiger partial charge in [-0.2, -0.15) is 0 Å². The van der Waals surface area contributed by atoms with E-state index in [1.807, 2.05) is 18.2 Å². The minimum absolute atomic E-state index is 0.127. The monoisotopic (exact) mass is 220 g/mol. The Morgan fingerprint density at radius 3 is 2.81 bits per heavy atom. The lowest BCUT2D eigenvalue weighted by molar-refractivity contribution is -0.0314. The lowest BCUT2D eigenvalue weighted by Gasteiger charge is -2.36. The van der Waals surface area contributed by atoms with E-state index in [4.69, 9.17) is 5.73 Å². The van der Waals surface area contributed by atoms with Gasteiger partial charge < -0.3 is 10.8 Å². The minimum Gasteiger partial charge on any atom is -0.376 e. The van der Waals surface area contributed by atoms with Crippen LogP contribution in [0.25, 0.3) is 0 Å². The van der Waals surface area contributed by atoms with Crippen molar-refractivity contribution in [2.24, 2.45) is 5.73 Å². The first-order valence-corrected chi connectivity index (χ1v) is 5.95. The van der Waals surface area contributed by atoms with E-state index < -0.39 is 5.72 Å². The Balaban J connectivity index is 1.89. The second kappa shape index (κ2) is 4.95. The summed E-state index contributed by atoms with van der Waals surface area (Å²) in [6.07, 6.45) is 3.22. The maximum absolute atomic E-state index is 10.3. The van der Waals surface area contributed by atoms with Crippen molar-refractivity contribution in [3.05, 3.63) is 35.9 Å². The summed E-state index contributed by atoms with van der Waals surface area (Å²) in [5, 5.41) is 13.5. The Hall–Kier alpha value is -0.900. The first-order chi connectivity index (χ1) is 7.68. The number of aliphatic hydroxyl groups is 1. The molecule has 1 aromatic carbocycles. The molecule has 2 atom stereocenters. The second-order valence-corrected chi connectivity index (χ2v) is 4.70. The van der Waals surface area contributed by atoms with E-state index in [1.54, 1.807) is 0 Å². The SMILES string of the molecule is NC1CCNC(O)(CCc2ccccc2)C1. The highest BCUT2D eigenvalue weighted by atomic mass is 16.3. The lowest BCUT2D eigenvalue weighted by Crippen LogP contribution is -2.54. The van der Waals surface area contributed by atoms with E-state index in [9.17, 15) is 5.11 Å². The van der Waals surface area contributed by atoms with Gasteiger partial charge in [-0.25, -0.2) is 0 Å². The van der Waals surface area contributed by atoms with E-state index in [-0.39, 0.29) is 6.04 Å². The summed E-state index contributed by atoms with van der Waals surface area (Å²) in [4.78, 5) is 0. The molecule has 1 aliphatic rings. The highest BCUT2D eigenvalue weighted by Gasteiger charge is 2.31. The number of aryl methyl sites for hydroxylation is 1. The van der Waals surface area contributed by atoms with E-state index in [1.165, 1.54) is 5.56 Å². The fourth-order valence-corrected chi connectivity index (χ4v) is 2.28. The summed E-state index contributed by atoms with van der Waals surface area (Å²) < 4.78 is 0. The van der Waals surface area contributed by atoms with Gasteiger partial charge in [0.2, 0.25) is 0 Å². The standard InChI is InChI=1S/C13H20N2O/c14-12-7-9-15-13(16,10-12)8-6-11-4-2-1-3-5-11/h1-5,12,15-16H,6-10,14H2. The third-order valence-electron chi connectivity index (χ3n) is 3.24. The first kappa shape index (κ1) is 11.6. The van der Waals surface area contributed by atoms with E-state index in [0.717, 1.165) is 25.8 Å². The van der Waals surface area contributed by atoms with Crippen LogP contribution in [-0.4, -0.2) is 23.4 Å². The molecule has 1 aliphatic heterocycles. The van der Waals surface area contributed by atoms with Gasteiger partial charge in [0.15, 0.2) is 0 Å². The number of hydrogen-bond donors (Lipinski definition) is 3. The topological polar surface area (TPSA) is 58.3 Å². The summed E-state index contributed by atoms with van der Waals surface area (Å²) >= 11 is 0. The number of rotatable bonds is 3. The summed E-state index contributed by atoms with van der Waals surface area (Å²) in [6.45, 7) is 0.812. The predicted molar refractivity (Wildman–Crippen MR) is 64.9 cm³/mol. The van der Waals surface area contributed by atoms with Crippen molar-refractivity contribution in [2.45, 2.75) is 37.5 Å². The molecular weight excluding hydrogens is 200 g/mol. The van der Waals surface area contributed by atoms with Crippen molar-refractivity contribution in [1.82, 2.24) is 5.32 Å². The largest absolute Gasteiger partial charge is 0.376 e. The summed E-state index contributed by atoms with van der Waals surface area (Å²) in [5.74, 6) is 0. The number of nitrogens with two attached hydrogens (primary N) is 1. The number of hydrogen-bond acceptors (Lipinski definition) is 3.